The quantitative estimate of drug-likeness (QED) is 0.826. The first kappa shape index (κ1) is 18.5. The predicted octanol–water partition coefficient (Wildman–Crippen LogP) is 2.57. The molecule has 0 saturated carbocycles. The van der Waals surface area contributed by atoms with E-state index in [1.807, 2.05) is 49.4 Å². The number of piperazine rings is 1. The van der Waals surface area contributed by atoms with Crippen LogP contribution in [-0.2, 0) is 0 Å². The Morgan fingerprint density at radius 2 is 1.81 bits per heavy atom. The van der Waals surface area contributed by atoms with Gasteiger partial charge in [-0.05, 0) is 36.8 Å². The number of ether oxygens (including phenoxy) is 2. The summed E-state index contributed by atoms with van der Waals surface area (Å²) in [6, 6.07) is 16.0. The SMILES string of the molecule is COc1ccccc1N1CCN(C[C@H](O)COc2cccc(C)c2)CC1. The molecule has 1 fully saturated rings. The van der Waals surface area contributed by atoms with Crippen LogP contribution in [0.1, 0.15) is 5.56 Å². The van der Waals surface area contributed by atoms with Crippen LogP contribution in [0.2, 0.25) is 0 Å². The molecule has 140 valence electrons. The predicted molar refractivity (Wildman–Crippen MR) is 104 cm³/mol. The number of para-hydroxylation sites is 2. The van der Waals surface area contributed by atoms with Crippen molar-refractivity contribution in [2.24, 2.45) is 0 Å². The highest BCUT2D eigenvalue weighted by Gasteiger charge is 2.21. The Hall–Kier alpha value is -2.24. The maximum Gasteiger partial charge on any atom is 0.142 e. The Labute approximate surface area is 155 Å². The second-order valence-corrected chi connectivity index (χ2v) is 6.74. The van der Waals surface area contributed by atoms with E-state index < -0.39 is 6.10 Å². The maximum atomic E-state index is 10.3. The summed E-state index contributed by atoms with van der Waals surface area (Å²) in [6.07, 6.45) is -0.492. The standard InChI is InChI=1S/C21H28N2O3/c1-17-6-5-7-19(14-17)26-16-18(24)15-22-10-12-23(13-11-22)20-8-3-4-9-21(20)25-2/h3-9,14,18,24H,10-13,15-16H2,1-2H3/t18-/m0/s1. The van der Waals surface area contributed by atoms with E-state index >= 15 is 0 Å². The van der Waals surface area contributed by atoms with Gasteiger partial charge in [0, 0.05) is 32.7 Å². The van der Waals surface area contributed by atoms with Crippen LogP contribution in [0.25, 0.3) is 0 Å². The van der Waals surface area contributed by atoms with E-state index in [0.29, 0.717) is 13.2 Å². The number of anilines is 1. The van der Waals surface area contributed by atoms with Crippen LogP contribution < -0.4 is 14.4 Å². The summed E-state index contributed by atoms with van der Waals surface area (Å²) in [4.78, 5) is 4.63. The topological polar surface area (TPSA) is 45.2 Å². The van der Waals surface area contributed by atoms with Gasteiger partial charge in [0.2, 0.25) is 0 Å². The summed E-state index contributed by atoms with van der Waals surface area (Å²) in [5.41, 5.74) is 2.29. The van der Waals surface area contributed by atoms with Gasteiger partial charge in [-0.3, -0.25) is 4.90 Å². The van der Waals surface area contributed by atoms with Gasteiger partial charge in [0.1, 0.15) is 24.2 Å². The third-order valence-electron chi connectivity index (χ3n) is 4.70. The summed E-state index contributed by atoms with van der Waals surface area (Å²) >= 11 is 0. The number of aliphatic hydroxyl groups is 1. The van der Waals surface area contributed by atoms with Gasteiger partial charge < -0.3 is 19.5 Å². The monoisotopic (exact) mass is 356 g/mol. The molecular weight excluding hydrogens is 328 g/mol. The van der Waals surface area contributed by atoms with Crippen molar-refractivity contribution in [2.75, 3.05) is 51.3 Å². The number of methoxy groups -OCH3 is 1. The minimum atomic E-state index is -0.492. The van der Waals surface area contributed by atoms with Gasteiger partial charge in [-0.2, -0.15) is 0 Å². The van der Waals surface area contributed by atoms with E-state index in [9.17, 15) is 5.11 Å². The lowest BCUT2D eigenvalue weighted by molar-refractivity contribution is 0.0662. The minimum absolute atomic E-state index is 0.316. The Bertz CT molecular complexity index is 699. The molecule has 0 spiro atoms. The van der Waals surface area contributed by atoms with Gasteiger partial charge in [0.25, 0.3) is 0 Å². The Kier molecular flexibility index (Phi) is 6.36. The number of hydrogen-bond donors (Lipinski definition) is 1. The highest BCUT2D eigenvalue weighted by atomic mass is 16.5. The smallest absolute Gasteiger partial charge is 0.142 e. The number of benzene rings is 2. The Morgan fingerprint density at radius 3 is 2.54 bits per heavy atom. The first-order valence-corrected chi connectivity index (χ1v) is 9.13. The van der Waals surface area contributed by atoms with Crippen LogP contribution in [0.4, 0.5) is 5.69 Å². The molecule has 26 heavy (non-hydrogen) atoms. The summed E-state index contributed by atoms with van der Waals surface area (Å²) in [6.45, 7) is 6.66. The van der Waals surface area contributed by atoms with Crippen LogP contribution >= 0.6 is 0 Å². The van der Waals surface area contributed by atoms with Gasteiger partial charge >= 0.3 is 0 Å². The molecule has 2 aromatic rings. The summed E-state index contributed by atoms with van der Waals surface area (Å²) in [7, 11) is 1.71. The van der Waals surface area contributed by atoms with Crippen molar-refractivity contribution in [3.63, 3.8) is 0 Å². The van der Waals surface area contributed by atoms with E-state index in [-0.39, 0.29) is 0 Å². The molecule has 1 aliphatic heterocycles. The first-order chi connectivity index (χ1) is 12.7. The van der Waals surface area contributed by atoms with Crippen LogP contribution in [0.15, 0.2) is 48.5 Å². The number of nitrogens with zero attached hydrogens (tertiary/aromatic N) is 2. The molecule has 3 rings (SSSR count). The van der Waals surface area contributed by atoms with Crippen molar-refractivity contribution in [2.45, 2.75) is 13.0 Å². The molecule has 0 unspecified atom stereocenters. The number of aryl methyl sites for hydroxylation is 1. The summed E-state index contributed by atoms with van der Waals surface area (Å²) < 4.78 is 11.2. The highest BCUT2D eigenvalue weighted by molar-refractivity contribution is 5.58. The third-order valence-corrected chi connectivity index (χ3v) is 4.70. The van der Waals surface area contributed by atoms with E-state index in [1.54, 1.807) is 7.11 Å². The van der Waals surface area contributed by atoms with Crippen molar-refractivity contribution in [1.29, 1.82) is 0 Å². The lowest BCUT2D eigenvalue weighted by Crippen LogP contribution is -2.49. The first-order valence-electron chi connectivity index (χ1n) is 9.13. The zero-order valence-electron chi connectivity index (χ0n) is 15.6. The lowest BCUT2D eigenvalue weighted by Gasteiger charge is -2.37. The second-order valence-electron chi connectivity index (χ2n) is 6.74. The fourth-order valence-corrected chi connectivity index (χ4v) is 3.31. The Morgan fingerprint density at radius 1 is 1.04 bits per heavy atom. The zero-order chi connectivity index (χ0) is 18.4. The van der Waals surface area contributed by atoms with E-state index in [1.165, 1.54) is 0 Å². The van der Waals surface area contributed by atoms with Gasteiger partial charge in [0.15, 0.2) is 0 Å². The van der Waals surface area contributed by atoms with Crippen molar-refractivity contribution < 1.29 is 14.6 Å². The maximum absolute atomic E-state index is 10.3. The molecule has 0 radical (unpaired) electrons. The van der Waals surface area contributed by atoms with E-state index in [2.05, 4.69) is 15.9 Å². The average Bonchev–Trinajstić information content (AvgIpc) is 2.67. The van der Waals surface area contributed by atoms with Gasteiger partial charge in [-0.15, -0.1) is 0 Å². The van der Waals surface area contributed by atoms with Crippen molar-refractivity contribution in [3.05, 3.63) is 54.1 Å². The van der Waals surface area contributed by atoms with Crippen LogP contribution in [-0.4, -0.2) is 62.6 Å². The number of rotatable bonds is 7. The molecule has 1 saturated heterocycles. The molecular formula is C21H28N2O3. The number of β-amino-alcohol motifs (C(OH)–C–C–N with tert-alkyl or cyclic N) is 1. The molecule has 5 heteroatoms. The second kappa shape index (κ2) is 8.92. The summed E-state index contributed by atoms with van der Waals surface area (Å²) in [5, 5.41) is 10.3. The van der Waals surface area contributed by atoms with Crippen molar-refractivity contribution >= 4 is 5.69 Å². The van der Waals surface area contributed by atoms with Gasteiger partial charge in [-0.25, -0.2) is 0 Å². The average molecular weight is 356 g/mol. The molecule has 5 nitrogen and oxygen atoms in total. The molecule has 0 aliphatic carbocycles. The van der Waals surface area contributed by atoms with Gasteiger partial charge in [0.05, 0.1) is 12.8 Å². The molecule has 1 heterocycles. The molecule has 0 aromatic heterocycles. The highest BCUT2D eigenvalue weighted by Crippen LogP contribution is 2.28. The molecule has 1 atom stereocenters. The molecule has 1 N–H and O–H groups in total. The largest absolute Gasteiger partial charge is 0.495 e. The summed E-state index contributed by atoms with van der Waals surface area (Å²) in [5.74, 6) is 1.72. The molecule has 0 bridgehead atoms. The molecule has 0 amide bonds. The number of hydrogen-bond acceptors (Lipinski definition) is 5. The van der Waals surface area contributed by atoms with Crippen molar-refractivity contribution in [1.82, 2.24) is 4.90 Å². The minimum Gasteiger partial charge on any atom is -0.495 e. The van der Waals surface area contributed by atoms with E-state index in [4.69, 9.17) is 9.47 Å². The van der Waals surface area contributed by atoms with Crippen molar-refractivity contribution in [3.8, 4) is 11.5 Å². The zero-order valence-corrected chi connectivity index (χ0v) is 15.6. The fourth-order valence-electron chi connectivity index (χ4n) is 3.31. The Balaban J connectivity index is 1.45. The fraction of sp³-hybridized carbons (Fsp3) is 0.429. The van der Waals surface area contributed by atoms with Crippen LogP contribution in [0.3, 0.4) is 0 Å². The normalized spacial score (nSPS) is 16.3. The third kappa shape index (κ3) is 4.90. The van der Waals surface area contributed by atoms with E-state index in [0.717, 1.165) is 48.9 Å². The lowest BCUT2D eigenvalue weighted by atomic mass is 10.2. The van der Waals surface area contributed by atoms with Crippen LogP contribution in [0.5, 0.6) is 11.5 Å². The molecule has 2 aromatic carbocycles. The van der Waals surface area contributed by atoms with Gasteiger partial charge in [-0.1, -0.05) is 24.3 Å². The number of aliphatic hydroxyl groups excluding tert-OH is 1. The molecule has 1 aliphatic rings. The van der Waals surface area contributed by atoms with Crippen LogP contribution in [0, 0.1) is 6.92 Å².